The van der Waals surface area contributed by atoms with E-state index < -0.39 is 0 Å². The molecule has 0 aliphatic carbocycles. The number of nitrogens with one attached hydrogen (secondary N) is 2. The lowest BCUT2D eigenvalue weighted by Crippen LogP contribution is -2.36. The minimum absolute atomic E-state index is 0.0454. The first-order chi connectivity index (χ1) is 11.0. The van der Waals surface area contributed by atoms with Crippen molar-refractivity contribution in [3.05, 3.63) is 23.5 Å². The molecule has 8 heteroatoms. The van der Waals surface area contributed by atoms with Crippen LogP contribution in [-0.4, -0.2) is 59.8 Å². The first-order valence-electron chi connectivity index (χ1n) is 7.50. The zero-order valence-electron chi connectivity index (χ0n) is 13.1. The highest BCUT2D eigenvalue weighted by atomic mass is 16.2. The molecule has 1 fully saturated rings. The molecule has 0 radical (unpaired) electrons. The Hall–Kier alpha value is -2.64. The van der Waals surface area contributed by atoms with Crippen LogP contribution in [-0.2, 0) is 11.3 Å². The lowest BCUT2D eigenvalue weighted by atomic mass is 10.1. The minimum Gasteiger partial charge on any atom is -0.349 e. The summed E-state index contributed by atoms with van der Waals surface area (Å²) in [5.74, 6) is -0.290. The Morgan fingerprint density at radius 1 is 1.43 bits per heavy atom. The number of carbonyl (C=O) groups excluding carboxylic acids is 3. The molecule has 3 rings (SSSR count). The zero-order valence-corrected chi connectivity index (χ0v) is 13.1. The molecule has 0 bridgehead atoms. The van der Waals surface area contributed by atoms with Gasteiger partial charge in [-0.25, -0.2) is 9.78 Å². The van der Waals surface area contributed by atoms with E-state index in [4.69, 9.17) is 0 Å². The van der Waals surface area contributed by atoms with E-state index in [1.165, 1.54) is 6.20 Å². The van der Waals surface area contributed by atoms with Gasteiger partial charge in [0.1, 0.15) is 5.69 Å². The van der Waals surface area contributed by atoms with Crippen LogP contribution >= 0.6 is 0 Å². The molecule has 1 aromatic heterocycles. The summed E-state index contributed by atoms with van der Waals surface area (Å²) in [5, 5.41) is 5.46. The number of urea groups is 1. The van der Waals surface area contributed by atoms with Crippen LogP contribution < -0.4 is 10.6 Å². The normalized spacial score (nSPS) is 19.3. The molecule has 1 unspecified atom stereocenters. The van der Waals surface area contributed by atoms with Crippen molar-refractivity contribution in [2.75, 3.05) is 32.5 Å². The average molecular weight is 317 g/mol. The topological polar surface area (TPSA) is 94.6 Å². The molecular weight excluding hydrogens is 298 g/mol. The first kappa shape index (κ1) is 15.3. The van der Waals surface area contributed by atoms with E-state index in [1.807, 2.05) is 0 Å². The molecule has 23 heavy (non-hydrogen) atoms. The van der Waals surface area contributed by atoms with Gasteiger partial charge < -0.3 is 20.4 Å². The van der Waals surface area contributed by atoms with E-state index in [-0.39, 0.29) is 23.8 Å². The van der Waals surface area contributed by atoms with Gasteiger partial charge in [-0.3, -0.25) is 9.59 Å². The summed E-state index contributed by atoms with van der Waals surface area (Å²) in [6, 6.07) is 1.49. The number of fused-ring (bicyclic) bond motifs is 1. The molecular formula is C15H19N5O3. The van der Waals surface area contributed by atoms with Crippen LogP contribution in [0.5, 0.6) is 0 Å². The molecule has 0 spiro atoms. The average Bonchev–Trinajstić information content (AvgIpc) is 3.14. The zero-order chi connectivity index (χ0) is 16.6. The molecule has 8 nitrogen and oxygen atoms in total. The fourth-order valence-corrected chi connectivity index (χ4v) is 2.89. The lowest BCUT2D eigenvalue weighted by Gasteiger charge is -2.19. The third-order valence-corrected chi connectivity index (χ3v) is 4.14. The van der Waals surface area contributed by atoms with Crippen LogP contribution in [0.3, 0.4) is 0 Å². The van der Waals surface area contributed by atoms with Gasteiger partial charge >= 0.3 is 6.03 Å². The third kappa shape index (κ3) is 2.96. The van der Waals surface area contributed by atoms with Crippen LogP contribution in [0, 0.1) is 5.92 Å². The number of carbonyl (C=O) groups is 3. The number of hydrogen-bond acceptors (Lipinski definition) is 4. The Bertz CT molecular complexity index is 673. The summed E-state index contributed by atoms with van der Waals surface area (Å²) in [6.45, 7) is 1.39. The van der Waals surface area contributed by atoms with Crippen LogP contribution in [0.2, 0.25) is 0 Å². The van der Waals surface area contributed by atoms with E-state index >= 15 is 0 Å². The second kappa shape index (κ2) is 5.86. The summed E-state index contributed by atoms with van der Waals surface area (Å²) in [4.78, 5) is 43.0. The quantitative estimate of drug-likeness (QED) is 0.818. The molecule has 1 saturated heterocycles. The first-order valence-corrected chi connectivity index (χ1v) is 7.50. The number of aromatic nitrogens is 1. The maximum absolute atomic E-state index is 12.3. The van der Waals surface area contributed by atoms with Crippen molar-refractivity contribution in [3.63, 3.8) is 0 Å². The fraction of sp³-hybridized carbons (Fsp3) is 0.467. The van der Waals surface area contributed by atoms with Gasteiger partial charge in [-0.05, 0) is 12.5 Å². The maximum atomic E-state index is 12.3. The molecule has 122 valence electrons. The third-order valence-electron chi connectivity index (χ3n) is 4.14. The predicted octanol–water partition coefficient (Wildman–Crippen LogP) is 0.267. The van der Waals surface area contributed by atoms with Gasteiger partial charge in [0.2, 0.25) is 5.91 Å². The van der Waals surface area contributed by atoms with Crippen molar-refractivity contribution >= 4 is 23.5 Å². The van der Waals surface area contributed by atoms with Crippen LogP contribution in [0.1, 0.15) is 22.5 Å². The number of nitrogens with zero attached hydrogens (tertiary/aromatic N) is 3. The second-order valence-electron chi connectivity index (χ2n) is 6.01. The van der Waals surface area contributed by atoms with Crippen LogP contribution in [0.25, 0.3) is 0 Å². The summed E-state index contributed by atoms with van der Waals surface area (Å²) in [5.41, 5.74) is 1.73. The van der Waals surface area contributed by atoms with E-state index in [1.54, 1.807) is 30.0 Å². The highest BCUT2D eigenvalue weighted by Gasteiger charge is 2.32. The van der Waals surface area contributed by atoms with Crippen molar-refractivity contribution in [3.8, 4) is 0 Å². The Morgan fingerprint density at radius 3 is 2.96 bits per heavy atom. The number of pyridine rings is 1. The van der Waals surface area contributed by atoms with Gasteiger partial charge in [0.25, 0.3) is 5.91 Å². The Morgan fingerprint density at radius 2 is 2.22 bits per heavy atom. The van der Waals surface area contributed by atoms with Crippen molar-refractivity contribution in [2.45, 2.75) is 13.0 Å². The number of anilines is 1. The van der Waals surface area contributed by atoms with Gasteiger partial charge in [-0.15, -0.1) is 0 Å². The van der Waals surface area contributed by atoms with Crippen molar-refractivity contribution in [1.29, 1.82) is 0 Å². The SMILES string of the molecule is CN(C)C(=O)C1CCN(C(=O)Nc2cnc3c(c2)CNC3=O)C1. The van der Waals surface area contributed by atoms with E-state index in [0.29, 0.717) is 37.4 Å². The maximum Gasteiger partial charge on any atom is 0.321 e. The smallest absolute Gasteiger partial charge is 0.321 e. The standard InChI is InChI=1S/C15H19N5O3/c1-19(2)14(22)9-3-4-20(8-9)15(23)18-11-5-10-6-17-13(21)12(10)16-7-11/h5,7,9H,3-4,6,8H2,1-2H3,(H,17,21)(H,18,23). The molecule has 3 heterocycles. The number of likely N-dealkylation sites (tertiary alicyclic amines) is 1. The fourth-order valence-electron chi connectivity index (χ4n) is 2.89. The molecule has 0 aromatic carbocycles. The van der Waals surface area contributed by atoms with E-state index in [9.17, 15) is 14.4 Å². The minimum atomic E-state index is -0.252. The summed E-state index contributed by atoms with van der Waals surface area (Å²) in [6.07, 6.45) is 2.14. The molecule has 2 aliphatic heterocycles. The second-order valence-corrected chi connectivity index (χ2v) is 6.01. The number of hydrogen-bond donors (Lipinski definition) is 2. The van der Waals surface area contributed by atoms with Gasteiger partial charge in [0.15, 0.2) is 0 Å². The van der Waals surface area contributed by atoms with E-state index in [0.717, 1.165) is 5.56 Å². The Labute approximate surface area is 133 Å². The van der Waals surface area contributed by atoms with Crippen LogP contribution in [0.15, 0.2) is 12.3 Å². The van der Waals surface area contributed by atoms with Gasteiger partial charge in [-0.2, -0.15) is 0 Å². The predicted molar refractivity (Wildman–Crippen MR) is 82.8 cm³/mol. The largest absolute Gasteiger partial charge is 0.349 e. The highest BCUT2D eigenvalue weighted by Crippen LogP contribution is 2.21. The molecule has 2 aliphatic rings. The van der Waals surface area contributed by atoms with Crippen molar-refractivity contribution in [1.82, 2.24) is 20.1 Å². The number of rotatable bonds is 2. The van der Waals surface area contributed by atoms with Gasteiger partial charge in [-0.1, -0.05) is 0 Å². The Balaban J connectivity index is 1.62. The van der Waals surface area contributed by atoms with Crippen molar-refractivity contribution < 1.29 is 14.4 Å². The summed E-state index contributed by atoms with van der Waals surface area (Å²) in [7, 11) is 3.44. The van der Waals surface area contributed by atoms with E-state index in [2.05, 4.69) is 15.6 Å². The monoisotopic (exact) mass is 317 g/mol. The van der Waals surface area contributed by atoms with Crippen LogP contribution in [0.4, 0.5) is 10.5 Å². The summed E-state index contributed by atoms with van der Waals surface area (Å²) >= 11 is 0. The molecule has 0 saturated carbocycles. The molecule has 1 aromatic rings. The Kier molecular flexibility index (Phi) is 3.89. The summed E-state index contributed by atoms with van der Waals surface area (Å²) < 4.78 is 0. The lowest BCUT2D eigenvalue weighted by molar-refractivity contribution is -0.132. The molecule has 4 amide bonds. The highest BCUT2D eigenvalue weighted by molar-refractivity contribution is 5.97. The number of amides is 4. The molecule has 1 atom stereocenters. The molecule has 2 N–H and O–H groups in total. The van der Waals surface area contributed by atoms with Crippen molar-refractivity contribution in [2.24, 2.45) is 5.92 Å². The van der Waals surface area contributed by atoms with Gasteiger partial charge in [0.05, 0.1) is 17.8 Å². The van der Waals surface area contributed by atoms with Gasteiger partial charge in [0, 0.05) is 39.3 Å².